The molecule has 0 aliphatic heterocycles. The van der Waals surface area contributed by atoms with Crippen molar-refractivity contribution in [2.24, 2.45) is 5.92 Å². The minimum atomic E-state index is -4.52. The number of hydrogen-bond donors (Lipinski definition) is 1. The van der Waals surface area contributed by atoms with Crippen LogP contribution in [0.3, 0.4) is 0 Å². The zero-order valence-corrected chi connectivity index (χ0v) is 11.2. The van der Waals surface area contributed by atoms with Crippen LogP contribution in [0.25, 0.3) is 11.0 Å². The molecule has 1 heterocycles. The van der Waals surface area contributed by atoms with Crippen molar-refractivity contribution < 1.29 is 17.9 Å². The van der Waals surface area contributed by atoms with Crippen LogP contribution in [0.1, 0.15) is 0 Å². The summed E-state index contributed by atoms with van der Waals surface area (Å²) in [7, 11) is 1.52. The van der Waals surface area contributed by atoms with Gasteiger partial charge in [-0.2, -0.15) is 18.4 Å². The van der Waals surface area contributed by atoms with Gasteiger partial charge in [0.1, 0.15) is 5.75 Å². The second-order valence-electron chi connectivity index (χ2n) is 3.96. The first kappa shape index (κ1) is 14.5. The smallest absolute Gasteiger partial charge is 0.405 e. The molecule has 8 heteroatoms. The number of ether oxygens (including phenoxy) is 1. The summed E-state index contributed by atoms with van der Waals surface area (Å²) in [6.07, 6.45) is -4.52. The number of alkyl halides is 3. The zero-order chi connectivity index (χ0) is 14.8. The Balaban J connectivity index is 2.13. The predicted molar refractivity (Wildman–Crippen MR) is 68.5 cm³/mol. The van der Waals surface area contributed by atoms with Crippen LogP contribution in [0.2, 0.25) is 0 Å². The van der Waals surface area contributed by atoms with E-state index < -0.39 is 17.8 Å². The third kappa shape index (κ3) is 3.17. The maximum absolute atomic E-state index is 12.4. The molecule has 0 amide bonds. The molecule has 0 aliphatic carbocycles. The van der Waals surface area contributed by atoms with E-state index in [1.807, 2.05) is 0 Å². The molecule has 2 aromatic rings. The van der Waals surface area contributed by atoms with Gasteiger partial charge in [-0.05, 0) is 12.1 Å². The number of methoxy groups -OCH3 is 1. The molecule has 0 aliphatic rings. The topological polar surface area (TPSA) is 61.7 Å². The number of nitrogens with zero attached hydrogens (tertiary/aromatic N) is 2. The minimum absolute atomic E-state index is 0.345. The summed E-state index contributed by atoms with van der Waals surface area (Å²) in [4.78, 5) is 7.05. The fourth-order valence-corrected chi connectivity index (χ4v) is 2.46. The number of fused-ring (bicyclic) bond motifs is 1. The van der Waals surface area contributed by atoms with Crippen molar-refractivity contribution in [2.75, 3.05) is 12.9 Å². The number of halogens is 3. The average molecular weight is 301 g/mol. The van der Waals surface area contributed by atoms with Gasteiger partial charge in [0.25, 0.3) is 0 Å². The Kier molecular flexibility index (Phi) is 4.09. The Bertz CT molecular complexity index is 647. The summed E-state index contributed by atoms with van der Waals surface area (Å²) >= 11 is 0.869. The molecule has 1 aromatic carbocycles. The molecular weight excluding hydrogens is 291 g/mol. The van der Waals surface area contributed by atoms with Gasteiger partial charge in [-0.1, -0.05) is 11.8 Å². The maximum Gasteiger partial charge on any atom is 0.405 e. The highest BCUT2D eigenvalue weighted by atomic mass is 32.2. The van der Waals surface area contributed by atoms with Crippen molar-refractivity contribution in [1.29, 1.82) is 5.26 Å². The molecule has 0 saturated carbocycles. The highest BCUT2D eigenvalue weighted by molar-refractivity contribution is 7.99. The number of hydrogen-bond acceptors (Lipinski definition) is 4. The standard InChI is InChI=1S/C12H10F3N3OS/c1-19-8-2-3-9-10(4-8)18-11(17-9)20-6-7(5-16)12(13,14)15/h2-4,7H,6H2,1H3,(H,17,18). The van der Waals surface area contributed by atoms with E-state index >= 15 is 0 Å². The van der Waals surface area contributed by atoms with Gasteiger partial charge in [-0.25, -0.2) is 4.98 Å². The lowest BCUT2D eigenvalue weighted by Gasteiger charge is -2.11. The molecule has 20 heavy (non-hydrogen) atoms. The molecule has 1 aromatic heterocycles. The Morgan fingerprint density at radius 2 is 2.25 bits per heavy atom. The van der Waals surface area contributed by atoms with Crippen LogP contribution < -0.4 is 4.74 Å². The number of nitrogens with one attached hydrogen (secondary N) is 1. The van der Waals surface area contributed by atoms with Crippen molar-refractivity contribution in [3.63, 3.8) is 0 Å². The van der Waals surface area contributed by atoms with Crippen LogP contribution >= 0.6 is 11.8 Å². The molecule has 0 radical (unpaired) electrons. The van der Waals surface area contributed by atoms with Crippen LogP contribution in [0.15, 0.2) is 23.4 Å². The van der Waals surface area contributed by atoms with Crippen LogP contribution in [-0.2, 0) is 0 Å². The van der Waals surface area contributed by atoms with Crippen molar-refractivity contribution in [2.45, 2.75) is 11.3 Å². The summed E-state index contributed by atoms with van der Waals surface area (Å²) in [6, 6.07) is 6.39. The third-order valence-electron chi connectivity index (χ3n) is 2.60. The molecular formula is C12H10F3N3OS. The first-order valence-corrected chi connectivity index (χ1v) is 6.55. The summed E-state index contributed by atoms with van der Waals surface area (Å²) in [5, 5.41) is 8.86. The highest BCUT2D eigenvalue weighted by Gasteiger charge is 2.39. The lowest BCUT2D eigenvalue weighted by Crippen LogP contribution is -2.23. The second-order valence-corrected chi connectivity index (χ2v) is 4.97. The molecule has 0 spiro atoms. The van der Waals surface area contributed by atoms with Crippen LogP contribution in [0.5, 0.6) is 5.75 Å². The number of imidazole rings is 1. The number of thioether (sulfide) groups is 1. The summed E-state index contributed by atoms with van der Waals surface area (Å²) in [5.74, 6) is -1.77. The fourth-order valence-electron chi connectivity index (χ4n) is 1.53. The predicted octanol–water partition coefficient (Wildman–Crippen LogP) is 3.37. The summed E-state index contributed by atoms with van der Waals surface area (Å²) in [5.41, 5.74) is 1.31. The van der Waals surface area contributed by atoms with Crippen LogP contribution in [-0.4, -0.2) is 29.0 Å². The van der Waals surface area contributed by atoms with Crippen molar-refractivity contribution >= 4 is 22.8 Å². The number of benzene rings is 1. The number of nitriles is 1. The quantitative estimate of drug-likeness (QED) is 0.880. The number of aromatic amines is 1. The van der Waals surface area contributed by atoms with E-state index in [1.165, 1.54) is 13.2 Å². The zero-order valence-electron chi connectivity index (χ0n) is 10.4. The summed E-state index contributed by atoms with van der Waals surface area (Å²) in [6.45, 7) is 0. The van der Waals surface area contributed by atoms with E-state index in [0.29, 0.717) is 21.9 Å². The molecule has 0 bridgehead atoms. The van der Waals surface area contributed by atoms with Gasteiger partial charge in [0, 0.05) is 11.8 Å². The molecule has 1 atom stereocenters. The molecule has 1 unspecified atom stereocenters. The summed E-state index contributed by atoms with van der Waals surface area (Å²) < 4.78 is 42.4. The van der Waals surface area contributed by atoms with E-state index in [1.54, 1.807) is 18.2 Å². The van der Waals surface area contributed by atoms with Gasteiger partial charge in [0.2, 0.25) is 0 Å². The minimum Gasteiger partial charge on any atom is -0.497 e. The van der Waals surface area contributed by atoms with E-state index in [4.69, 9.17) is 10.00 Å². The van der Waals surface area contributed by atoms with Crippen molar-refractivity contribution in [1.82, 2.24) is 9.97 Å². The van der Waals surface area contributed by atoms with Crippen LogP contribution in [0.4, 0.5) is 13.2 Å². The maximum atomic E-state index is 12.4. The molecule has 1 N–H and O–H groups in total. The molecule has 0 saturated heterocycles. The first-order chi connectivity index (χ1) is 9.44. The number of aromatic nitrogens is 2. The van der Waals surface area contributed by atoms with E-state index in [9.17, 15) is 13.2 Å². The lowest BCUT2D eigenvalue weighted by atomic mass is 10.2. The van der Waals surface area contributed by atoms with Gasteiger partial charge in [0.15, 0.2) is 11.1 Å². The lowest BCUT2D eigenvalue weighted by molar-refractivity contribution is -0.152. The van der Waals surface area contributed by atoms with E-state index in [2.05, 4.69) is 9.97 Å². The first-order valence-electron chi connectivity index (χ1n) is 5.57. The Morgan fingerprint density at radius 3 is 2.85 bits per heavy atom. The van der Waals surface area contributed by atoms with Gasteiger partial charge in [0.05, 0.1) is 24.2 Å². The Labute approximate surface area is 116 Å². The monoisotopic (exact) mass is 301 g/mol. The number of rotatable bonds is 4. The molecule has 2 rings (SSSR count). The van der Waals surface area contributed by atoms with Gasteiger partial charge < -0.3 is 9.72 Å². The van der Waals surface area contributed by atoms with Gasteiger partial charge in [-0.15, -0.1) is 0 Å². The second kappa shape index (κ2) is 5.63. The molecule has 4 nitrogen and oxygen atoms in total. The molecule has 106 valence electrons. The van der Waals surface area contributed by atoms with Crippen molar-refractivity contribution in [3.8, 4) is 11.8 Å². The largest absolute Gasteiger partial charge is 0.497 e. The fraction of sp³-hybridized carbons (Fsp3) is 0.333. The highest BCUT2D eigenvalue weighted by Crippen LogP contribution is 2.31. The van der Waals surface area contributed by atoms with Gasteiger partial charge in [-0.3, -0.25) is 0 Å². The number of H-pyrrole nitrogens is 1. The molecule has 0 fully saturated rings. The van der Waals surface area contributed by atoms with Crippen LogP contribution in [0, 0.1) is 17.2 Å². The van der Waals surface area contributed by atoms with Crippen molar-refractivity contribution in [3.05, 3.63) is 18.2 Å². The Hall–Kier alpha value is -1.88. The van der Waals surface area contributed by atoms with E-state index in [-0.39, 0.29) is 0 Å². The third-order valence-corrected chi connectivity index (χ3v) is 3.57. The van der Waals surface area contributed by atoms with Gasteiger partial charge >= 0.3 is 6.18 Å². The average Bonchev–Trinajstić information content (AvgIpc) is 2.79. The SMILES string of the molecule is COc1ccc2nc(SCC(C#N)C(F)(F)F)[nH]c2c1. The Morgan fingerprint density at radius 1 is 1.50 bits per heavy atom. The van der Waals surface area contributed by atoms with E-state index in [0.717, 1.165) is 11.8 Å². The normalized spacial score (nSPS) is 13.2.